The summed E-state index contributed by atoms with van der Waals surface area (Å²) in [4.78, 5) is 21.2. The summed E-state index contributed by atoms with van der Waals surface area (Å²) in [6, 6.07) is 0. The summed E-state index contributed by atoms with van der Waals surface area (Å²) in [5.74, 6) is -1.38. The highest BCUT2D eigenvalue weighted by Crippen LogP contribution is 2.47. The zero-order chi connectivity index (χ0) is 9.19. The minimum absolute atomic E-state index is 0.512. The van der Waals surface area contributed by atoms with Gasteiger partial charge in [0.1, 0.15) is 0 Å². The minimum Gasteiger partial charge on any atom is -0.481 e. The maximum atomic E-state index is 10.6. The normalized spacial score (nSPS) is 19.1. The summed E-state index contributed by atoms with van der Waals surface area (Å²) in [6.45, 7) is 0. The molecule has 1 N–H and O–H groups in total. The second kappa shape index (κ2) is 2.97. The number of hydrogen-bond donors (Lipinski definition) is 1. The third-order valence-electron chi connectivity index (χ3n) is 1.95. The Kier molecular flexibility index (Phi) is 2.17. The molecule has 0 aliphatic heterocycles. The fraction of sp³-hybridized carbons (Fsp3) is 0.500. The number of methoxy groups -OCH3 is 1. The Morgan fingerprint density at radius 3 is 2.42 bits per heavy atom. The number of carboxylic acids is 1. The van der Waals surface area contributed by atoms with Crippen LogP contribution in [0.2, 0.25) is 0 Å². The second-order valence-corrected chi connectivity index (χ2v) is 2.82. The lowest BCUT2D eigenvalue weighted by Gasteiger charge is -2.00. The van der Waals surface area contributed by atoms with E-state index in [9.17, 15) is 9.59 Å². The largest absolute Gasteiger partial charge is 0.481 e. The van der Waals surface area contributed by atoms with Crippen LogP contribution in [0, 0.1) is 5.41 Å². The van der Waals surface area contributed by atoms with Gasteiger partial charge in [0, 0.05) is 6.08 Å². The van der Waals surface area contributed by atoms with Crippen LogP contribution in [-0.2, 0) is 14.3 Å². The lowest BCUT2D eigenvalue weighted by molar-refractivity contribution is -0.141. The Morgan fingerprint density at radius 1 is 1.50 bits per heavy atom. The smallest absolute Gasteiger partial charge is 0.330 e. The Bertz CT molecular complexity index is 237. The molecule has 0 unspecified atom stereocenters. The quantitative estimate of drug-likeness (QED) is 0.497. The SMILES string of the molecule is COC(=O)/C=C/C1(C(=O)O)CC1. The Labute approximate surface area is 69.8 Å². The number of hydrogen-bond acceptors (Lipinski definition) is 3. The van der Waals surface area contributed by atoms with Crippen LogP contribution in [0.25, 0.3) is 0 Å². The number of carbonyl (C=O) groups excluding carboxylic acids is 1. The van der Waals surface area contributed by atoms with E-state index in [0.29, 0.717) is 12.8 Å². The molecule has 0 saturated heterocycles. The fourth-order valence-corrected chi connectivity index (χ4v) is 0.882. The second-order valence-electron chi connectivity index (χ2n) is 2.82. The van der Waals surface area contributed by atoms with Crippen LogP contribution in [-0.4, -0.2) is 24.2 Å². The highest BCUT2D eigenvalue weighted by atomic mass is 16.5. The molecular formula is C8H10O4. The van der Waals surface area contributed by atoms with Crippen molar-refractivity contribution in [1.82, 2.24) is 0 Å². The molecule has 66 valence electrons. The molecule has 0 amide bonds. The van der Waals surface area contributed by atoms with E-state index in [-0.39, 0.29) is 0 Å². The molecule has 0 aromatic rings. The molecule has 1 rings (SSSR count). The van der Waals surface area contributed by atoms with Crippen LogP contribution in [0.1, 0.15) is 12.8 Å². The number of aliphatic carboxylic acids is 1. The molecule has 12 heavy (non-hydrogen) atoms. The fourth-order valence-electron chi connectivity index (χ4n) is 0.882. The average molecular weight is 170 g/mol. The van der Waals surface area contributed by atoms with Gasteiger partial charge in [0.25, 0.3) is 0 Å². The molecule has 0 atom stereocenters. The van der Waals surface area contributed by atoms with E-state index in [1.165, 1.54) is 19.3 Å². The molecule has 1 fully saturated rings. The van der Waals surface area contributed by atoms with Gasteiger partial charge in [-0.1, -0.05) is 6.08 Å². The summed E-state index contributed by atoms with van der Waals surface area (Å²) in [7, 11) is 1.26. The summed E-state index contributed by atoms with van der Waals surface area (Å²) < 4.78 is 4.33. The summed E-state index contributed by atoms with van der Waals surface area (Å²) in [5, 5.41) is 8.69. The molecular weight excluding hydrogens is 160 g/mol. The number of carboxylic acid groups (broad SMARTS) is 1. The molecule has 0 bridgehead atoms. The van der Waals surface area contributed by atoms with Crippen LogP contribution in [0.4, 0.5) is 0 Å². The van der Waals surface area contributed by atoms with Gasteiger partial charge in [0.05, 0.1) is 12.5 Å². The van der Waals surface area contributed by atoms with Crippen molar-refractivity contribution in [2.24, 2.45) is 5.41 Å². The summed E-state index contributed by atoms with van der Waals surface area (Å²) in [6.07, 6.45) is 3.79. The van der Waals surface area contributed by atoms with Crippen molar-refractivity contribution in [3.8, 4) is 0 Å². The van der Waals surface area contributed by atoms with Crippen LogP contribution < -0.4 is 0 Å². The predicted molar refractivity (Wildman–Crippen MR) is 40.5 cm³/mol. The van der Waals surface area contributed by atoms with Crippen molar-refractivity contribution in [3.63, 3.8) is 0 Å². The maximum Gasteiger partial charge on any atom is 0.330 e. The van der Waals surface area contributed by atoms with E-state index in [2.05, 4.69) is 4.74 Å². The molecule has 4 heteroatoms. The van der Waals surface area contributed by atoms with E-state index in [0.717, 1.165) is 0 Å². The van der Waals surface area contributed by atoms with Crippen molar-refractivity contribution in [1.29, 1.82) is 0 Å². The van der Waals surface area contributed by atoms with Crippen molar-refractivity contribution < 1.29 is 19.4 Å². The summed E-state index contributed by atoms with van der Waals surface area (Å²) >= 11 is 0. The zero-order valence-corrected chi connectivity index (χ0v) is 6.74. The highest BCUT2D eigenvalue weighted by Gasteiger charge is 2.47. The lowest BCUT2D eigenvalue weighted by Crippen LogP contribution is -2.12. The maximum absolute atomic E-state index is 10.6. The first-order valence-corrected chi connectivity index (χ1v) is 3.61. The highest BCUT2D eigenvalue weighted by molar-refractivity contribution is 5.86. The molecule has 0 heterocycles. The zero-order valence-electron chi connectivity index (χ0n) is 6.74. The van der Waals surface area contributed by atoms with E-state index in [4.69, 9.17) is 5.11 Å². The number of carbonyl (C=O) groups is 2. The molecule has 1 aliphatic carbocycles. The van der Waals surface area contributed by atoms with Crippen LogP contribution in [0.5, 0.6) is 0 Å². The molecule has 4 nitrogen and oxygen atoms in total. The van der Waals surface area contributed by atoms with Gasteiger partial charge in [0.15, 0.2) is 0 Å². The third-order valence-corrected chi connectivity index (χ3v) is 1.95. The van der Waals surface area contributed by atoms with Gasteiger partial charge in [-0.25, -0.2) is 4.79 Å². The van der Waals surface area contributed by atoms with Crippen molar-refractivity contribution in [2.75, 3.05) is 7.11 Å². The molecule has 1 saturated carbocycles. The first-order valence-electron chi connectivity index (χ1n) is 3.61. The van der Waals surface area contributed by atoms with Gasteiger partial charge in [-0.2, -0.15) is 0 Å². The van der Waals surface area contributed by atoms with E-state index >= 15 is 0 Å². The van der Waals surface area contributed by atoms with E-state index in [1.807, 2.05) is 0 Å². The Balaban J connectivity index is 2.56. The number of ether oxygens (including phenoxy) is 1. The molecule has 0 aromatic heterocycles. The molecule has 0 radical (unpaired) electrons. The van der Waals surface area contributed by atoms with Gasteiger partial charge in [-0.3, -0.25) is 4.79 Å². The topological polar surface area (TPSA) is 63.6 Å². The van der Waals surface area contributed by atoms with Crippen LogP contribution in [0.15, 0.2) is 12.2 Å². The first-order chi connectivity index (χ1) is 5.60. The van der Waals surface area contributed by atoms with Crippen molar-refractivity contribution >= 4 is 11.9 Å². The van der Waals surface area contributed by atoms with Gasteiger partial charge < -0.3 is 9.84 Å². The Hall–Kier alpha value is -1.32. The first kappa shape index (κ1) is 8.77. The standard InChI is InChI=1S/C8H10O4/c1-12-6(9)2-3-8(4-5-8)7(10)11/h2-3H,4-5H2,1H3,(H,10,11)/b3-2+. The van der Waals surface area contributed by atoms with Crippen LogP contribution in [0.3, 0.4) is 0 Å². The van der Waals surface area contributed by atoms with Crippen molar-refractivity contribution in [3.05, 3.63) is 12.2 Å². The van der Waals surface area contributed by atoms with E-state index in [1.54, 1.807) is 0 Å². The number of esters is 1. The Morgan fingerprint density at radius 2 is 2.08 bits per heavy atom. The van der Waals surface area contributed by atoms with Crippen molar-refractivity contribution in [2.45, 2.75) is 12.8 Å². The van der Waals surface area contributed by atoms with Gasteiger partial charge in [0.2, 0.25) is 0 Å². The summed E-state index contributed by atoms with van der Waals surface area (Å²) in [5.41, 5.74) is -0.784. The van der Waals surface area contributed by atoms with Crippen LogP contribution >= 0.6 is 0 Å². The predicted octanol–water partition coefficient (Wildman–Crippen LogP) is 0.580. The minimum atomic E-state index is -0.873. The third kappa shape index (κ3) is 1.64. The lowest BCUT2D eigenvalue weighted by atomic mass is 10.1. The van der Waals surface area contributed by atoms with E-state index < -0.39 is 17.4 Å². The molecule has 1 aliphatic rings. The number of rotatable bonds is 3. The van der Waals surface area contributed by atoms with Gasteiger partial charge in [-0.15, -0.1) is 0 Å². The van der Waals surface area contributed by atoms with Gasteiger partial charge >= 0.3 is 11.9 Å². The van der Waals surface area contributed by atoms with Gasteiger partial charge in [-0.05, 0) is 12.8 Å². The monoisotopic (exact) mass is 170 g/mol. The molecule has 0 aromatic carbocycles. The molecule has 0 spiro atoms. The average Bonchev–Trinajstić information content (AvgIpc) is 2.81.